The molecule has 0 atom stereocenters. The number of para-hydroxylation sites is 1. The van der Waals surface area contributed by atoms with Crippen molar-refractivity contribution in [3.05, 3.63) is 36.0 Å². The number of carboxylic acids is 1. The molecule has 0 unspecified atom stereocenters. The molecule has 0 radical (unpaired) electrons. The van der Waals surface area contributed by atoms with Gasteiger partial charge in [-0.2, -0.15) is 0 Å². The normalized spacial score (nSPS) is 10.5. The van der Waals surface area contributed by atoms with Gasteiger partial charge < -0.3 is 10.4 Å². The molecule has 0 saturated heterocycles. The predicted octanol–water partition coefficient (Wildman–Crippen LogP) is 2.68. The summed E-state index contributed by atoms with van der Waals surface area (Å²) < 4.78 is 0. The Bertz CT molecular complexity index is 567. The zero-order valence-corrected chi connectivity index (χ0v) is 10.3. The number of carboxylic acid groups (broad SMARTS) is 1. The molecule has 18 heavy (non-hydrogen) atoms. The highest BCUT2D eigenvalue weighted by atomic mass is 16.4. The van der Waals surface area contributed by atoms with E-state index >= 15 is 0 Å². The minimum Gasteiger partial charge on any atom is -0.481 e. The van der Waals surface area contributed by atoms with Crippen LogP contribution in [-0.2, 0) is 11.2 Å². The molecule has 1 aromatic carbocycles. The van der Waals surface area contributed by atoms with Crippen molar-refractivity contribution in [2.45, 2.75) is 19.8 Å². The van der Waals surface area contributed by atoms with Crippen molar-refractivity contribution in [3.63, 3.8) is 0 Å². The van der Waals surface area contributed by atoms with Crippen molar-refractivity contribution < 1.29 is 9.90 Å². The summed E-state index contributed by atoms with van der Waals surface area (Å²) in [5, 5.41) is 12.9. The quantitative estimate of drug-likeness (QED) is 0.848. The summed E-state index contributed by atoms with van der Waals surface area (Å²) in [7, 11) is 0. The molecule has 2 aromatic rings. The molecule has 0 aliphatic heterocycles. The summed E-state index contributed by atoms with van der Waals surface area (Å²) in [4.78, 5) is 15.1. The fourth-order valence-corrected chi connectivity index (χ4v) is 1.86. The third-order valence-electron chi connectivity index (χ3n) is 2.79. The van der Waals surface area contributed by atoms with Gasteiger partial charge in [0.1, 0.15) is 0 Å². The van der Waals surface area contributed by atoms with Crippen LogP contribution >= 0.6 is 0 Å². The molecule has 0 spiro atoms. The highest BCUT2D eigenvalue weighted by molar-refractivity contribution is 5.91. The minimum atomic E-state index is -0.795. The molecule has 2 N–H and O–H groups in total. The predicted molar refractivity (Wildman–Crippen MR) is 71.9 cm³/mol. The van der Waals surface area contributed by atoms with E-state index in [0.717, 1.165) is 28.7 Å². The number of hydrogen-bond acceptors (Lipinski definition) is 3. The van der Waals surface area contributed by atoms with Gasteiger partial charge in [-0.1, -0.05) is 25.1 Å². The lowest BCUT2D eigenvalue weighted by Crippen LogP contribution is -2.08. The summed E-state index contributed by atoms with van der Waals surface area (Å²) in [6.07, 6.45) is 0.969. The molecule has 0 aliphatic rings. The first-order valence-corrected chi connectivity index (χ1v) is 6.05. The lowest BCUT2D eigenvalue weighted by atomic mass is 10.1. The molecule has 2 rings (SSSR count). The Morgan fingerprint density at radius 2 is 2.17 bits per heavy atom. The number of aromatic nitrogens is 1. The van der Waals surface area contributed by atoms with Gasteiger partial charge in [0.2, 0.25) is 0 Å². The van der Waals surface area contributed by atoms with E-state index in [1.807, 2.05) is 30.3 Å². The van der Waals surface area contributed by atoms with Crippen LogP contribution in [0.3, 0.4) is 0 Å². The van der Waals surface area contributed by atoms with E-state index < -0.39 is 5.97 Å². The number of hydrogen-bond donors (Lipinski definition) is 2. The first-order valence-electron chi connectivity index (χ1n) is 6.05. The van der Waals surface area contributed by atoms with E-state index in [1.54, 1.807) is 0 Å². The van der Waals surface area contributed by atoms with Crippen molar-refractivity contribution in [1.82, 2.24) is 4.98 Å². The van der Waals surface area contributed by atoms with Crippen LogP contribution < -0.4 is 5.32 Å². The van der Waals surface area contributed by atoms with Crippen LogP contribution in [0.5, 0.6) is 0 Å². The number of aliphatic carboxylic acids is 1. The van der Waals surface area contributed by atoms with Gasteiger partial charge in [0.05, 0.1) is 11.9 Å². The third kappa shape index (κ3) is 2.77. The van der Waals surface area contributed by atoms with Crippen molar-refractivity contribution >= 4 is 22.6 Å². The van der Waals surface area contributed by atoms with Gasteiger partial charge in [-0.25, -0.2) is 0 Å². The number of nitrogens with zero attached hydrogens (tertiary/aromatic N) is 1. The van der Waals surface area contributed by atoms with Crippen LogP contribution in [0, 0.1) is 0 Å². The number of carbonyl (C=O) groups is 1. The molecule has 94 valence electrons. The molecular formula is C14H16N2O2. The Balaban J connectivity index is 2.31. The second-order valence-corrected chi connectivity index (χ2v) is 4.10. The van der Waals surface area contributed by atoms with Gasteiger partial charge in [0.25, 0.3) is 0 Å². The van der Waals surface area contributed by atoms with Crippen LogP contribution in [0.25, 0.3) is 10.9 Å². The maximum absolute atomic E-state index is 10.5. The smallest absolute Gasteiger partial charge is 0.305 e. The van der Waals surface area contributed by atoms with E-state index in [-0.39, 0.29) is 6.42 Å². The van der Waals surface area contributed by atoms with Crippen LogP contribution in [-0.4, -0.2) is 22.6 Å². The number of benzene rings is 1. The maximum Gasteiger partial charge on any atom is 0.305 e. The summed E-state index contributed by atoms with van der Waals surface area (Å²) in [6, 6.07) is 9.86. The molecular weight excluding hydrogens is 228 g/mol. The van der Waals surface area contributed by atoms with Gasteiger partial charge >= 0.3 is 5.97 Å². The largest absolute Gasteiger partial charge is 0.481 e. The number of rotatable bonds is 5. The molecule has 4 nitrogen and oxygen atoms in total. The monoisotopic (exact) mass is 244 g/mol. The van der Waals surface area contributed by atoms with Gasteiger partial charge in [-0.15, -0.1) is 0 Å². The molecule has 0 fully saturated rings. The summed E-state index contributed by atoms with van der Waals surface area (Å²) in [5.74, 6) is -0.795. The Morgan fingerprint density at radius 1 is 1.39 bits per heavy atom. The number of aryl methyl sites for hydroxylation is 1. The van der Waals surface area contributed by atoms with E-state index in [2.05, 4.69) is 17.2 Å². The molecule has 0 amide bonds. The lowest BCUT2D eigenvalue weighted by molar-refractivity contribution is -0.136. The molecule has 0 saturated carbocycles. The van der Waals surface area contributed by atoms with E-state index in [1.165, 1.54) is 0 Å². The molecule has 0 bridgehead atoms. The number of fused-ring (bicyclic) bond motifs is 1. The van der Waals surface area contributed by atoms with Gasteiger partial charge in [-0.3, -0.25) is 9.78 Å². The van der Waals surface area contributed by atoms with E-state index in [9.17, 15) is 4.79 Å². The Labute approximate surface area is 106 Å². The fourth-order valence-electron chi connectivity index (χ4n) is 1.86. The second-order valence-electron chi connectivity index (χ2n) is 4.10. The van der Waals surface area contributed by atoms with Gasteiger partial charge in [0, 0.05) is 23.3 Å². The van der Waals surface area contributed by atoms with Crippen molar-refractivity contribution in [2.24, 2.45) is 0 Å². The highest BCUT2D eigenvalue weighted by Gasteiger charge is 2.05. The first-order chi connectivity index (χ1) is 8.70. The van der Waals surface area contributed by atoms with Crippen molar-refractivity contribution in [1.29, 1.82) is 0 Å². The lowest BCUT2D eigenvalue weighted by Gasteiger charge is -2.10. The van der Waals surface area contributed by atoms with Crippen LogP contribution in [0.4, 0.5) is 5.69 Å². The SMILES string of the molecule is CCc1cc(NCCC(=O)O)c2ccccc2n1. The summed E-state index contributed by atoms with van der Waals surface area (Å²) >= 11 is 0. The van der Waals surface area contributed by atoms with Crippen LogP contribution in [0.1, 0.15) is 19.0 Å². The molecule has 0 aliphatic carbocycles. The standard InChI is InChI=1S/C14H16N2O2/c1-2-10-9-13(15-8-7-14(17)18)11-5-3-4-6-12(11)16-10/h3-6,9H,2,7-8H2,1H3,(H,15,16)(H,17,18). The minimum absolute atomic E-state index is 0.109. The Hall–Kier alpha value is -2.10. The maximum atomic E-state index is 10.5. The topological polar surface area (TPSA) is 62.2 Å². The average Bonchev–Trinajstić information content (AvgIpc) is 2.38. The Kier molecular flexibility index (Phi) is 3.77. The van der Waals surface area contributed by atoms with Crippen molar-refractivity contribution in [3.8, 4) is 0 Å². The zero-order chi connectivity index (χ0) is 13.0. The number of nitrogens with one attached hydrogen (secondary N) is 1. The fraction of sp³-hybridized carbons (Fsp3) is 0.286. The second kappa shape index (κ2) is 5.49. The highest BCUT2D eigenvalue weighted by Crippen LogP contribution is 2.23. The number of pyridine rings is 1. The van der Waals surface area contributed by atoms with E-state index in [4.69, 9.17) is 5.11 Å². The third-order valence-corrected chi connectivity index (χ3v) is 2.79. The molecule has 1 aromatic heterocycles. The number of anilines is 1. The van der Waals surface area contributed by atoms with Gasteiger partial charge in [0.15, 0.2) is 0 Å². The van der Waals surface area contributed by atoms with E-state index in [0.29, 0.717) is 6.54 Å². The Morgan fingerprint density at radius 3 is 2.89 bits per heavy atom. The summed E-state index contributed by atoms with van der Waals surface area (Å²) in [5.41, 5.74) is 2.90. The van der Waals surface area contributed by atoms with Crippen LogP contribution in [0.15, 0.2) is 30.3 Å². The summed E-state index contributed by atoms with van der Waals surface area (Å²) in [6.45, 7) is 2.48. The van der Waals surface area contributed by atoms with Gasteiger partial charge in [-0.05, 0) is 18.6 Å². The van der Waals surface area contributed by atoms with Crippen molar-refractivity contribution in [2.75, 3.05) is 11.9 Å². The molecule has 4 heteroatoms. The average molecular weight is 244 g/mol. The zero-order valence-electron chi connectivity index (χ0n) is 10.3. The van der Waals surface area contributed by atoms with Crippen LogP contribution in [0.2, 0.25) is 0 Å². The molecule has 1 heterocycles. The first kappa shape index (κ1) is 12.4.